The molecule has 2 saturated heterocycles. The van der Waals surface area contributed by atoms with Gasteiger partial charge in [-0.3, -0.25) is 14.3 Å². The van der Waals surface area contributed by atoms with E-state index in [1.807, 2.05) is 13.8 Å². The lowest BCUT2D eigenvalue weighted by Gasteiger charge is -2.39. The Balaban J connectivity index is 1.72. The normalized spacial score (nSPS) is 21.1. The van der Waals surface area contributed by atoms with Crippen LogP contribution in [-0.4, -0.2) is 83.4 Å². The molecule has 144 valence electrons. The molecule has 0 saturated carbocycles. The molecule has 1 aromatic rings. The number of piperazine rings is 1. The molecule has 3 rings (SSSR count). The summed E-state index contributed by atoms with van der Waals surface area (Å²) in [5, 5.41) is 7.76. The van der Waals surface area contributed by atoms with Crippen LogP contribution in [0.5, 0.6) is 0 Å². The molecular weight excluding hydrogens is 334 g/mol. The van der Waals surface area contributed by atoms with E-state index >= 15 is 0 Å². The third kappa shape index (κ3) is 3.76. The van der Waals surface area contributed by atoms with Gasteiger partial charge in [0.1, 0.15) is 12.6 Å². The highest BCUT2D eigenvalue weighted by molar-refractivity contribution is 5.88. The number of aryl methyl sites for hydroxylation is 1. The standard InChI is InChI=1S/C18H29N5O3/c1-4-15-13(2)20-23(14(15)3)12-17(24)22-6-5-19-11-16(22)18(25)21-7-9-26-10-8-21/h16,19H,4-12H2,1-3H3. The summed E-state index contributed by atoms with van der Waals surface area (Å²) < 4.78 is 7.10. The molecule has 1 unspecified atom stereocenters. The van der Waals surface area contributed by atoms with E-state index in [1.165, 1.54) is 5.56 Å². The lowest BCUT2D eigenvalue weighted by molar-refractivity contribution is -0.149. The van der Waals surface area contributed by atoms with Crippen molar-refractivity contribution in [1.29, 1.82) is 0 Å². The Kier molecular flexibility index (Phi) is 5.93. The van der Waals surface area contributed by atoms with Crippen molar-refractivity contribution in [2.75, 3.05) is 45.9 Å². The smallest absolute Gasteiger partial charge is 0.246 e. The second kappa shape index (κ2) is 8.18. The summed E-state index contributed by atoms with van der Waals surface area (Å²) in [6, 6.07) is -0.447. The zero-order valence-electron chi connectivity index (χ0n) is 16.0. The average Bonchev–Trinajstić information content (AvgIpc) is 2.94. The molecule has 8 nitrogen and oxygen atoms in total. The molecule has 26 heavy (non-hydrogen) atoms. The van der Waals surface area contributed by atoms with Crippen LogP contribution in [0.15, 0.2) is 0 Å². The first-order valence-corrected chi connectivity index (χ1v) is 9.42. The van der Waals surface area contributed by atoms with Gasteiger partial charge in [-0.25, -0.2) is 0 Å². The lowest BCUT2D eigenvalue weighted by atomic mass is 10.1. The van der Waals surface area contributed by atoms with Crippen molar-refractivity contribution in [2.45, 2.75) is 39.8 Å². The third-order valence-corrected chi connectivity index (χ3v) is 5.34. The zero-order valence-corrected chi connectivity index (χ0v) is 16.0. The van der Waals surface area contributed by atoms with E-state index in [4.69, 9.17) is 4.74 Å². The average molecular weight is 363 g/mol. The largest absolute Gasteiger partial charge is 0.378 e. The van der Waals surface area contributed by atoms with Crippen molar-refractivity contribution >= 4 is 11.8 Å². The molecule has 0 bridgehead atoms. The van der Waals surface area contributed by atoms with Gasteiger partial charge in [0.15, 0.2) is 0 Å². The van der Waals surface area contributed by atoms with Gasteiger partial charge in [0.25, 0.3) is 0 Å². The van der Waals surface area contributed by atoms with Crippen molar-refractivity contribution in [3.05, 3.63) is 17.0 Å². The van der Waals surface area contributed by atoms with Gasteiger partial charge in [0, 0.05) is 38.4 Å². The Morgan fingerprint density at radius 1 is 1.23 bits per heavy atom. The number of hydrogen-bond acceptors (Lipinski definition) is 5. The fraction of sp³-hybridized carbons (Fsp3) is 0.722. The Hall–Kier alpha value is -1.93. The number of ether oxygens (including phenoxy) is 1. The van der Waals surface area contributed by atoms with E-state index in [0.29, 0.717) is 45.9 Å². The Bertz CT molecular complexity index is 666. The summed E-state index contributed by atoms with van der Waals surface area (Å²) in [5.74, 6) is -0.0390. The summed E-state index contributed by atoms with van der Waals surface area (Å²) >= 11 is 0. The molecule has 2 amide bonds. The molecular formula is C18H29N5O3. The summed E-state index contributed by atoms with van der Waals surface area (Å²) in [6.45, 7) is 10.3. The van der Waals surface area contributed by atoms with Gasteiger partial charge < -0.3 is 19.9 Å². The lowest BCUT2D eigenvalue weighted by Crippen LogP contribution is -2.61. The minimum Gasteiger partial charge on any atom is -0.378 e. The van der Waals surface area contributed by atoms with Gasteiger partial charge in [0.05, 0.1) is 18.9 Å². The maximum Gasteiger partial charge on any atom is 0.246 e. The molecule has 1 atom stereocenters. The van der Waals surface area contributed by atoms with Gasteiger partial charge in [0.2, 0.25) is 11.8 Å². The predicted octanol–water partition coefficient (Wildman–Crippen LogP) is -0.278. The molecule has 2 fully saturated rings. The van der Waals surface area contributed by atoms with Crippen molar-refractivity contribution in [3.63, 3.8) is 0 Å². The second-order valence-corrected chi connectivity index (χ2v) is 6.91. The monoisotopic (exact) mass is 363 g/mol. The Morgan fingerprint density at radius 3 is 2.62 bits per heavy atom. The number of aromatic nitrogens is 2. The highest BCUT2D eigenvalue weighted by Gasteiger charge is 2.35. The summed E-state index contributed by atoms with van der Waals surface area (Å²) in [4.78, 5) is 29.4. The van der Waals surface area contributed by atoms with Crippen LogP contribution >= 0.6 is 0 Å². The molecule has 0 radical (unpaired) electrons. The van der Waals surface area contributed by atoms with Crippen LogP contribution in [0.25, 0.3) is 0 Å². The van der Waals surface area contributed by atoms with Crippen LogP contribution in [0.1, 0.15) is 23.9 Å². The number of hydrogen-bond donors (Lipinski definition) is 1. The van der Waals surface area contributed by atoms with E-state index in [0.717, 1.165) is 17.8 Å². The Labute approximate surface area is 154 Å². The maximum absolute atomic E-state index is 13.0. The zero-order chi connectivity index (χ0) is 18.7. The molecule has 2 aliphatic heterocycles. The van der Waals surface area contributed by atoms with Gasteiger partial charge in [-0.1, -0.05) is 6.92 Å². The van der Waals surface area contributed by atoms with Gasteiger partial charge >= 0.3 is 0 Å². The SMILES string of the molecule is CCc1c(C)nn(CC(=O)N2CCNCC2C(=O)N2CCOCC2)c1C. The molecule has 1 N–H and O–H groups in total. The summed E-state index contributed by atoms with van der Waals surface area (Å²) in [7, 11) is 0. The minimum absolute atomic E-state index is 0.0106. The predicted molar refractivity (Wildman–Crippen MR) is 96.8 cm³/mol. The van der Waals surface area contributed by atoms with Crippen LogP contribution in [0, 0.1) is 13.8 Å². The summed E-state index contributed by atoms with van der Waals surface area (Å²) in [6.07, 6.45) is 0.900. The highest BCUT2D eigenvalue weighted by Crippen LogP contribution is 2.15. The fourth-order valence-electron chi connectivity index (χ4n) is 3.84. The van der Waals surface area contributed by atoms with E-state index in [1.54, 1.807) is 14.5 Å². The van der Waals surface area contributed by atoms with Crippen LogP contribution < -0.4 is 5.32 Å². The van der Waals surface area contributed by atoms with E-state index < -0.39 is 6.04 Å². The molecule has 0 aromatic carbocycles. The first kappa shape index (κ1) is 18.8. The number of carbonyl (C=O) groups excluding carboxylic acids is 2. The molecule has 2 aliphatic rings. The minimum atomic E-state index is -0.447. The van der Waals surface area contributed by atoms with Gasteiger partial charge in [-0.15, -0.1) is 0 Å². The van der Waals surface area contributed by atoms with Crippen molar-refractivity contribution in [2.24, 2.45) is 0 Å². The number of nitrogens with zero attached hydrogens (tertiary/aromatic N) is 4. The first-order valence-electron chi connectivity index (χ1n) is 9.42. The van der Waals surface area contributed by atoms with Gasteiger partial charge in [-0.2, -0.15) is 5.10 Å². The van der Waals surface area contributed by atoms with Crippen LogP contribution in [0.3, 0.4) is 0 Å². The fourth-order valence-corrected chi connectivity index (χ4v) is 3.84. The highest BCUT2D eigenvalue weighted by atomic mass is 16.5. The van der Waals surface area contributed by atoms with E-state index in [2.05, 4.69) is 17.3 Å². The topological polar surface area (TPSA) is 79.7 Å². The van der Waals surface area contributed by atoms with Gasteiger partial charge in [-0.05, 0) is 25.8 Å². The molecule has 1 aromatic heterocycles. The maximum atomic E-state index is 13.0. The van der Waals surface area contributed by atoms with Crippen molar-refractivity contribution in [3.8, 4) is 0 Å². The number of morpholine rings is 1. The molecule has 0 aliphatic carbocycles. The first-order chi connectivity index (χ1) is 12.5. The summed E-state index contributed by atoms with van der Waals surface area (Å²) in [5.41, 5.74) is 3.20. The van der Waals surface area contributed by atoms with Crippen molar-refractivity contribution in [1.82, 2.24) is 24.9 Å². The van der Waals surface area contributed by atoms with Crippen LogP contribution in [-0.2, 0) is 27.3 Å². The number of amides is 2. The molecule has 8 heteroatoms. The van der Waals surface area contributed by atoms with Crippen LogP contribution in [0.4, 0.5) is 0 Å². The Morgan fingerprint density at radius 2 is 1.96 bits per heavy atom. The third-order valence-electron chi connectivity index (χ3n) is 5.34. The second-order valence-electron chi connectivity index (χ2n) is 6.91. The molecule has 3 heterocycles. The number of carbonyl (C=O) groups is 2. The number of nitrogens with one attached hydrogen (secondary N) is 1. The quantitative estimate of drug-likeness (QED) is 0.796. The van der Waals surface area contributed by atoms with Crippen molar-refractivity contribution < 1.29 is 14.3 Å². The van der Waals surface area contributed by atoms with E-state index in [-0.39, 0.29) is 18.4 Å². The van der Waals surface area contributed by atoms with E-state index in [9.17, 15) is 9.59 Å². The molecule has 0 spiro atoms. The van der Waals surface area contributed by atoms with Crippen LogP contribution in [0.2, 0.25) is 0 Å². The number of rotatable bonds is 4.